The second-order valence-electron chi connectivity index (χ2n) is 2.66. The summed E-state index contributed by atoms with van der Waals surface area (Å²) in [6.07, 6.45) is 0.889. The van der Waals surface area contributed by atoms with Crippen molar-refractivity contribution in [2.24, 2.45) is 0 Å². The molecule has 0 aliphatic heterocycles. The van der Waals surface area contributed by atoms with Gasteiger partial charge in [-0.15, -0.1) is 0 Å². The van der Waals surface area contributed by atoms with Crippen LogP contribution in [0.3, 0.4) is 0 Å². The van der Waals surface area contributed by atoms with Crippen LogP contribution in [0.5, 0.6) is 0 Å². The van der Waals surface area contributed by atoms with Crippen LogP contribution >= 0.6 is 0 Å². The SMILES string of the molecule is CNCCC(=O)NCCC(C)=O. The monoisotopic (exact) mass is 172 g/mol. The lowest BCUT2D eigenvalue weighted by atomic mass is 10.3. The van der Waals surface area contributed by atoms with Gasteiger partial charge in [0, 0.05) is 25.9 Å². The highest BCUT2D eigenvalue weighted by molar-refractivity contribution is 5.78. The van der Waals surface area contributed by atoms with Gasteiger partial charge in [0.1, 0.15) is 5.78 Å². The molecule has 0 fully saturated rings. The average molecular weight is 172 g/mol. The Morgan fingerprint density at radius 2 is 1.83 bits per heavy atom. The number of ketones is 1. The molecule has 0 saturated carbocycles. The zero-order chi connectivity index (χ0) is 9.40. The zero-order valence-corrected chi connectivity index (χ0v) is 7.64. The van der Waals surface area contributed by atoms with Crippen molar-refractivity contribution in [3.63, 3.8) is 0 Å². The smallest absolute Gasteiger partial charge is 0.221 e. The molecule has 0 unspecified atom stereocenters. The third kappa shape index (κ3) is 7.21. The first-order valence-corrected chi connectivity index (χ1v) is 4.07. The van der Waals surface area contributed by atoms with Crippen LogP contribution in [-0.2, 0) is 9.59 Å². The first-order chi connectivity index (χ1) is 5.66. The highest BCUT2D eigenvalue weighted by Gasteiger charge is 1.99. The lowest BCUT2D eigenvalue weighted by Crippen LogP contribution is -2.28. The molecule has 0 spiro atoms. The van der Waals surface area contributed by atoms with Gasteiger partial charge < -0.3 is 10.6 Å². The molecule has 0 rings (SSSR count). The second kappa shape index (κ2) is 6.79. The first-order valence-electron chi connectivity index (χ1n) is 4.07. The molecule has 0 saturated heterocycles. The van der Waals surface area contributed by atoms with Crippen molar-refractivity contribution in [1.29, 1.82) is 0 Å². The van der Waals surface area contributed by atoms with Crippen molar-refractivity contribution >= 4 is 11.7 Å². The van der Waals surface area contributed by atoms with Gasteiger partial charge in [-0.1, -0.05) is 0 Å². The van der Waals surface area contributed by atoms with E-state index in [1.807, 2.05) is 0 Å². The molecule has 4 heteroatoms. The van der Waals surface area contributed by atoms with E-state index in [2.05, 4.69) is 10.6 Å². The Bertz CT molecular complexity index is 157. The number of Topliss-reactive ketones (excluding diaryl/α,β-unsaturated/α-hetero) is 1. The molecule has 1 amide bonds. The van der Waals surface area contributed by atoms with Gasteiger partial charge in [0.15, 0.2) is 0 Å². The Labute approximate surface area is 72.7 Å². The summed E-state index contributed by atoms with van der Waals surface area (Å²) in [6, 6.07) is 0. The van der Waals surface area contributed by atoms with E-state index in [0.29, 0.717) is 25.9 Å². The number of nitrogens with one attached hydrogen (secondary N) is 2. The van der Waals surface area contributed by atoms with Crippen LogP contribution < -0.4 is 10.6 Å². The van der Waals surface area contributed by atoms with Gasteiger partial charge in [0.05, 0.1) is 0 Å². The summed E-state index contributed by atoms with van der Waals surface area (Å²) in [5.74, 6) is 0.0921. The Morgan fingerprint density at radius 1 is 1.17 bits per heavy atom. The van der Waals surface area contributed by atoms with Crippen molar-refractivity contribution in [1.82, 2.24) is 10.6 Å². The van der Waals surface area contributed by atoms with Gasteiger partial charge in [0.25, 0.3) is 0 Å². The maximum absolute atomic E-state index is 10.9. The third-order valence-corrected chi connectivity index (χ3v) is 1.40. The normalized spacial score (nSPS) is 9.50. The van der Waals surface area contributed by atoms with Crippen molar-refractivity contribution in [3.8, 4) is 0 Å². The number of carbonyl (C=O) groups is 2. The van der Waals surface area contributed by atoms with Crippen LogP contribution in [0, 0.1) is 0 Å². The largest absolute Gasteiger partial charge is 0.356 e. The van der Waals surface area contributed by atoms with Crippen LogP contribution in [-0.4, -0.2) is 31.8 Å². The average Bonchev–Trinajstić information content (AvgIpc) is 2.00. The van der Waals surface area contributed by atoms with E-state index in [9.17, 15) is 9.59 Å². The van der Waals surface area contributed by atoms with Gasteiger partial charge in [0.2, 0.25) is 5.91 Å². The molecule has 2 N–H and O–H groups in total. The van der Waals surface area contributed by atoms with Gasteiger partial charge in [-0.2, -0.15) is 0 Å². The molecule has 0 radical (unpaired) electrons. The Balaban J connectivity index is 3.25. The van der Waals surface area contributed by atoms with E-state index in [1.54, 1.807) is 7.05 Å². The predicted molar refractivity (Wildman–Crippen MR) is 46.9 cm³/mol. The summed E-state index contributed by atoms with van der Waals surface area (Å²) < 4.78 is 0. The summed E-state index contributed by atoms with van der Waals surface area (Å²) in [7, 11) is 1.79. The van der Waals surface area contributed by atoms with Crippen molar-refractivity contribution < 1.29 is 9.59 Å². The van der Waals surface area contributed by atoms with Gasteiger partial charge in [-0.25, -0.2) is 0 Å². The Hall–Kier alpha value is -0.900. The Kier molecular flexibility index (Phi) is 6.28. The van der Waals surface area contributed by atoms with Crippen molar-refractivity contribution in [3.05, 3.63) is 0 Å². The fourth-order valence-corrected chi connectivity index (χ4v) is 0.705. The first kappa shape index (κ1) is 11.1. The van der Waals surface area contributed by atoms with Crippen LogP contribution in [0.1, 0.15) is 19.8 Å². The zero-order valence-electron chi connectivity index (χ0n) is 7.64. The lowest BCUT2D eigenvalue weighted by Gasteiger charge is -2.02. The van der Waals surface area contributed by atoms with E-state index in [4.69, 9.17) is 0 Å². The Morgan fingerprint density at radius 3 is 2.33 bits per heavy atom. The maximum Gasteiger partial charge on any atom is 0.221 e. The molecule has 0 atom stereocenters. The molecule has 0 heterocycles. The highest BCUT2D eigenvalue weighted by atomic mass is 16.1. The van der Waals surface area contributed by atoms with E-state index in [0.717, 1.165) is 0 Å². The summed E-state index contributed by atoms with van der Waals surface area (Å²) in [4.78, 5) is 21.4. The molecule has 0 bridgehead atoms. The van der Waals surface area contributed by atoms with E-state index in [-0.39, 0.29) is 11.7 Å². The van der Waals surface area contributed by atoms with Gasteiger partial charge >= 0.3 is 0 Å². The topological polar surface area (TPSA) is 58.2 Å². The molecule has 12 heavy (non-hydrogen) atoms. The lowest BCUT2D eigenvalue weighted by molar-refractivity contribution is -0.121. The standard InChI is InChI=1S/C8H16N2O2/c1-7(11)3-6-10-8(12)4-5-9-2/h9H,3-6H2,1-2H3,(H,10,12). The molecular formula is C8H16N2O2. The third-order valence-electron chi connectivity index (χ3n) is 1.40. The second-order valence-corrected chi connectivity index (χ2v) is 2.66. The van der Waals surface area contributed by atoms with Gasteiger partial charge in [-0.05, 0) is 14.0 Å². The molecule has 4 nitrogen and oxygen atoms in total. The summed E-state index contributed by atoms with van der Waals surface area (Å²) in [5, 5.41) is 5.52. The minimum absolute atomic E-state index is 0.00870. The predicted octanol–water partition coefficient (Wildman–Crippen LogP) is -0.309. The highest BCUT2D eigenvalue weighted by Crippen LogP contribution is 1.80. The number of rotatable bonds is 6. The van der Waals surface area contributed by atoms with Crippen LogP contribution in [0.25, 0.3) is 0 Å². The molecule has 0 aromatic heterocycles. The molecular weight excluding hydrogens is 156 g/mol. The maximum atomic E-state index is 10.9. The number of carbonyl (C=O) groups excluding carboxylic acids is 2. The summed E-state index contributed by atoms with van der Waals surface area (Å²) in [5.41, 5.74) is 0. The van der Waals surface area contributed by atoms with Crippen molar-refractivity contribution in [2.75, 3.05) is 20.1 Å². The summed E-state index contributed by atoms with van der Waals surface area (Å²) in [6.45, 7) is 2.64. The molecule has 0 aromatic carbocycles. The van der Waals surface area contributed by atoms with E-state index in [1.165, 1.54) is 6.92 Å². The van der Waals surface area contributed by atoms with Crippen LogP contribution in [0.2, 0.25) is 0 Å². The van der Waals surface area contributed by atoms with Crippen molar-refractivity contribution in [2.45, 2.75) is 19.8 Å². The van der Waals surface area contributed by atoms with Gasteiger partial charge in [-0.3, -0.25) is 9.59 Å². The van der Waals surface area contributed by atoms with E-state index >= 15 is 0 Å². The van der Waals surface area contributed by atoms with Crippen LogP contribution in [0.15, 0.2) is 0 Å². The fraction of sp³-hybridized carbons (Fsp3) is 0.750. The quantitative estimate of drug-likeness (QED) is 0.578. The minimum atomic E-state index is -0.00870. The summed E-state index contributed by atoms with van der Waals surface area (Å²) >= 11 is 0. The van der Waals surface area contributed by atoms with Crippen LogP contribution in [0.4, 0.5) is 0 Å². The number of hydrogen-bond donors (Lipinski definition) is 2. The molecule has 0 aliphatic carbocycles. The fourth-order valence-electron chi connectivity index (χ4n) is 0.705. The molecule has 70 valence electrons. The number of hydrogen-bond acceptors (Lipinski definition) is 3. The minimum Gasteiger partial charge on any atom is -0.356 e. The van der Waals surface area contributed by atoms with E-state index < -0.39 is 0 Å². The molecule has 0 aromatic rings. The number of amides is 1. The molecule has 0 aliphatic rings.